The normalized spacial score (nSPS) is 28.9. The Hall–Kier alpha value is -2.58. The van der Waals surface area contributed by atoms with Gasteiger partial charge in [0.1, 0.15) is 24.1 Å². The van der Waals surface area contributed by atoms with Crippen LogP contribution in [0.2, 0.25) is 0 Å². The topological polar surface area (TPSA) is 300 Å². The first-order chi connectivity index (χ1) is 22.6. The van der Waals surface area contributed by atoms with Gasteiger partial charge in [-0.3, -0.25) is 23.6 Å². The Kier molecular flexibility index (Phi) is 13.4. The predicted octanol–water partition coefficient (Wildman–Crippen LogP) is -0.376. The Labute approximate surface area is 278 Å². The summed E-state index contributed by atoms with van der Waals surface area (Å²) in [6.07, 6.45) is -1.48. The van der Waals surface area contributed by atoms with Gasteiger partial charge in [-0.2, -0.15) is 21.1 Å². The Morgan fingerprint density at radius 1 is 1.08 bits per heavy atom. The third-order valence-electron chi connectivity index (χ3n) is 7.75. The van der Waals surface area contributed by atoms with E-state index in [1.807, 2.05) is 11.8 Å². The van der Waals surface area contributed by atoms with E-state index in [1.54, 1.807) is 0 Å². The number of aliphatic hydroxyl groups excluding tert-OH is 2. The molecule has 270 valence electrons. The number of carbonyl (C=O) groups is 3. The zero-order valence-electron chi connectivity index (χ0n) is 25.6. The van der Waals surface area contributed by atoms with Gasteiger partial charge in [-0.05, 0) is 31.7 Å². The highest BCUT2D eigenvalue weighted by Crippen LogP contribution is 2.60. The molecule has 4 rings (SSSR count). The molecule has 1 aromatic rings. The second kappa shape index (κ2) is 16.9. The van der Waals surface area contributed by atoms with Gasteiger partial charge in [0.05, 0.1) is 18.7 Å². The zero-order chi connectivity index (χ0) is 35.1. The fourth-order valence-corrected chi connectivity index (χ4v) is 8.98. The Balaban J connectivity index is 1.05. The van der Waals surface area contributed by atoms with Crippen molar-refractivity contribution in [3.63, 3.8) is 0 Å². The molecule has 0 spiro atoms. The quantitative estimate of drug-likeness (QED) is 0.0540. The highest BCUT2D eigenvalue weighted by atomic mass is 32.2. The van der Waals surface area contributed by atoms with Crippen LogP contribution in [-0.4, -0.2) is 102 Å². The van der Waals surface area contributed by atoms with E-state index in [0.29, 0.717) is 37.5 Å². The number of aromatic nitrogens is 2. The maximum atomic E-state index is 12.2. The van der Waals surface area contributed by atoms with Gasteiger partial charge in [0.15, 0.2) is 6.23 Å². The van der Waals surface area contributed by atoms with Gasteiger partial charge >= 0.3 is 33.3 Å². The lowest BCUT2D eigenvalue weighted by Gasteiger charge is -2.19. The van der Waals surface area contributed by atoms with Crippen LogP contribution in [0, 0.1) is 0 Å². The van der Waals surface area contributed by atoms with Crippen LogP contribution >= 0.6 is 27.4 Å². The van der Waals surface area contributed by atoms with Gasteiger partial charge in [-0.15, -0.1) is 0 Å². The molecule has 3 amide bonds. The van der Waals surface area contributed by atoms with Crippen molar-refractivity contribution in [3.05, 3.63) is 22.7 Å². The zero-order valence-corrected chi connectivity index (χ0v) is 28.2. The summed E-state index contributed by atoms with van der Waals surface area (Å²) in [7, 11) is -10.8. The Morgan fingerprint density at radius 2 is 1.83 bits per heavy atom. The minimum Gasteiger partial charge on any atom is -0.387 e. The van der Waals surface area contributed by atoms with Crippen LogP contribution in [0.4, 0.5) is 10.6 Å². The molecule has 0 bridgehead atoms. The van der Waals surface area contributed by atoms with Crippen LogP contribution in [0.3, 0.4) is 0 Å². The number of nitrogens with one attached hydrogen (secondary N) is 3. The maximum Gasteiger partial charge on any atom is 0.538 e. The molecule has 23 heteroatoms. The van der Waals surface area contributed by atoms with E-state index >= 15 is 0 Å². The molecule has 9 N–H and O–H groups in total. The number of thioether (sulfide) groups is 1. The molecule has 0 saturated carbocycles. The summed E-state index contributed by atoms with van der Waals surface area (Å²) < 4.78 is 43.6. The van der Waals surface area contributed by atoms with Gasteiger partial charge < -0.3 is 46.1 Å². The fourth-order valence-electron chi connectivity index (χ4n) is 5.39. The second-order valence-corrected chi connectivity index (χ2v) is 15.6. The molecule has 0 aliphatic carbocycles. The summed E-state index contributed by atoms with van der Waals surface area (Å²) in [5, 5.41) is 29.4. The monoisotopic (exact) mass is 742 g/mol. The summed E-state index contributed by atoms with van der Waals surface area (Å²) in [5.41, 5.74) is 4.51. The molecule has 3 aliphatic heterocycles. The number of urea groups is 1. The van der Waals surface area contributed by atoms with Crippen LogP contribution in [0.25, 0.3) is 0 Å². The number of anilines is 1. The van der Waals surface area contributed by atoms with Gasteiger partial charge in [0.2, 0.25) is 5.91 Å². The van der Waals surface area contributed by atoms with Crippen molar-refractivity contribution in [3.8, 4) is 0 Å². The average Bonchev–Trinajstić information content (AvgIpc) is 3.63. The fraction of sp³-hybridized carbons (Fsp3) is 0.720. The molecule has 3 saturated heterocycles. The molecular weight excluding hydrogens is 702 g/mol. The summed E-state index contributed by atoms with van der Waals surface area (Å²) in [5.74, 6) is -0.509. The van der Waals surface area contributed by atoms with E-state index < -0.39 is 58.5 Å². The molecule has 20 nitrogen and oxygen atoms in total. The molecular formula is C25H40N6O14P2S. The molecule has 6 unspecified atom stereocenters. The predicted molar refractivity (Wildman–Crippen MR) is 167 cm³/mol. The van der Waals surface area contributed by atoms with Crippen molar-refractivity contribution < 1.29 is 61.6 Å². The highest BCUT2D eigenvalue weighted by molar-refractivity contribution is 8.00. The van der Waals surface area contributed by atoms with E-state index in [0.717, 1.165) is 29.4 Å². The third kappa shape index (κ3) is 11.0. The molecule has 9 atom stereocenters. The minimum absolute atomic E-state index is 0.101. The smallest absolute Gasteiger partial charge is 0.387 e. The number of nitrogen functional groups attached to an aromatic ring is 1. The van der Waals surface area contributed by atoms with Crippen LogP contribution < -0.4 is 27.4 Å². The van der Waals surface area contributed by atoms with E-state index in [2.05, 4.69) is 34.3 Å². The van der Waals surface area contributed by atoms with E-state index in [9.17, 15) is 48.3 Å². The number of nitrogens with two attached hydrogens (primary N) is 1. The summed E-state index contributed by atoms with van der Waals surface area (Å²) >= 11 is 1.82. The number of hydrogen-bond donors (Lipinski definition) is 8. The van der Waals surface area contributed by atoms with Gasteiger partial charge in [-0.1, -0.05) is 12.8 Å². The lowest BCUT2D eigenvalue weighted by atomic mass is 10.0. The van der Waals surface area contributed by atoms with Crippen molar-refractivity contribution in [2.45, 2.75) is 93.2 Å². The number of phosphoric acid groups is 2. The Bertz CT molecular complexity index is 1470. The standard InChI is InChI=1S/C25H40N6O14P2S/c26-17-9-11-31(25(37)29-17)23-22(35)21(34)15(43-23)12-42-46(38,39)45-47(40,41)44-19(33)8-2-1-5-10-27-18(32)7-4-3-6-16-20-14(13-48-16)28-24(36)30-20/h9,11,14-16,20-23,34-35H,1-8,10,12-13H2,(H,27,32)(H,38,39)(H,40,41)(H2,26,29,37)(H2,28,30,36)/t14?,15-,16?,20?,21+,22?,23-/m1/s1. The lowest BCUT2D eigenvalue weighted by Crippen LogP contribution is -2.36. The number of aliphatic hydroxyl groups is 2. The number of phosphoric ester groups is 2. The van der Waals surface area contributed by atoms with Crippen molar-refractivity contribution in [2.75, 3.05) is 24.6 Å². The first-order valence-electron chi connectivity index (χ1n) is 15.2. The lowest BCUT2D eigenvalue weighted by molar-refractivity contribution is -0.135. The number of unbranched alkanes of at least 4 members (excludes halogenated alkanes) is 3. The second-order valence-electron chi connectivity index (χ2n) is 11.4. The molecule has 3 aliphatic rings. The summed E-state index contributed by atoms with van der Waals surface area (Å²) in [4.78, 5) is 70.7. The number of hydrogen-bond acceptors (Lipinski definition) is 15. The number of nitrogens with zero attached hydrogens (tertiary/aromatic N) is 2. The van der Waals surface area contributed by atoms with Gasteiger partial charge in [0.25, 0.3) is 0 Å². The average molecular weight is 743 g/mol. The summed E-state index contributed by atoms with van der Waals surface area (Å²) in [6.45, 7) is -0.575. The molecule has 3 fully saturated rings. The summed E-state index contributed by atoms with van der Waals surface area (Å²) in [6, 6.07) is 1.41. The number of fused-ring (bicyclic) bond motifs is 1. The molecule has 0 radical (unpaired) electrons. The highest BCUT2D eigenvalue weighted by Gasteiger charge is 2.46. The van der Waals surface area contributed by atoms with Crippen molar-refractivity contribution in [1.29, 1.82) is 0 Å². The van der Waals surface area contributed by atoms with Crippen molar-refractivity contribution in [1.82, 2.24) is 25.5 Å². The van der Waals surface area contributed by atoms with E-state index in [1.165, 1.54) is 6.07 Å². The van der Waals surface area contributed by atoms with E-state index in [-0.39, 0.29) is 42.7 Å². The SMILES string of the molecule is Nc1ccn([C@@H]2O[C@H](COP(=O)(O)OP(=O)(O)OC(=O)CCCCCNC(=O)CCCCC3SCC4NC(=O)NC43)[C@H](O)C2O)c(=O)n1. The van der Waals surface area contributed by atoms with Crippen LogP contribution in [0.1, 0.15) is 57.6 Å². The van der Waals surface area contributed by atoms with Crippen molar-refractivity contribution >= 4 is 51.1 Å². The molecule has 0 aromatic carbocycles. The molecule has 4 heterocycles. The van der Waals surface area contributed by atoms with Crippen LogP contribution in [-0.2, 0) is 36.8 Å². The van der Waals surface area contributed by atoms with Crippen LogP contribution in [0.15, 0.2) is 17.1 Å². The maximum absolute atomic E-state index is 12.2. The number of carbonyl (C=O) groups excluding carboxylic acids is 3. The third-order valence-corrected chi connectivity index (χ3v) is 11.8. The van der Waals surface area contributed by atoms with Crippen molar-refractivity contribution in [2.24, 2.45) is 0 Å². The Morgan fingerprint density at radius 3 is 2.58 bits per heavy atom. The first-order valence-corrected chi connectivity index (χ1v) is 19.2. The molecule has 1 aromatic heterocycles. The van der Waals surface area contributed by atoms with Gasteiger partial charge in [0, 0.05) is 36.6 Å². The first kappa shape index (κ1) is 38.2. The number of ether oxygens (including phenoxy) is 1. The molecule has 48 heavy (non-hydrogen) atoms. The minimum atomic E-state index is -5.42. The van der Waals surface area contributed by atoms with E-state index in [4.69, 9.17) is 10.5 Å². The number of rotatable bonds is 18. The van der Waals surface area contributed by atoms with Gasteiger partial charge in [-0.25, -0.2) is 18.7 Å². The largest absolute Gasteiger partial charge is 0.538 e. The number of amides is 3. The van der Waals surface area contributed by atoms with Crippen LogP contribution in [0.5, 0.6) is 0 Å².